The van der Waals surface area contributed by atoms with E-state index < -0.39 is 0 Å². The molecule has 152 valence electrons. The molecule has 2 amide bonds. The number of fused-ring (bicyclic) bond motifs is 2. The first-order valence-corrected chi connectivity index (χ1v) is 12.2. The summed E-state index contributed by atoms with van der Waals surface area (Å²) in [7, 11) is 0. The second-order valence-electron chi connectivity index (χ2n) is 9.19. The van der Waals surface area contributed by atoms with Gasteiger partial charge in [-0.2, -0.15) is 11.8 Å². The van der Waals surface area contributed by atoms with Gasteiger partial charge in [-0.1, -0.05) is 6.42 Å². The standard InChI is InChI=1S/C21H35N3O2S/c22-19-15-2-1-3-16(19)13-17(12-15)20(25)23-18-6-4-14(5-7-18)21(26)24-8-10-27-11-9-24/h14-19H,1-13,22H2,(H,23,25). The zero-order chi connectivity index (χ0) is 18.8. The van der Waals surface area contributed by atoms with Gasteiger partial charge in [0.2, 0.25) is 11.8 Å². The Labute approximate surface area is 167 Å². The first kappa shape index (κ1) is 19.6. The van der Waals surface area contributed by atoms with Gasteiger partial charge in [0, 0.05) is 48.5 Å². The number of amides is 2. The minimum Gasteiger partial charge on any atom is -0.353 e. The van der Waals surface area contributed by atoms with Crippen molar-refractivity contribution in [3.05, 3.63) is 0 Å². The molecule has 3 saturated carbocycles. The Morgan fingerprint density at radius 3 is 2.15 bits per heavy atom. The average molecular weight is 394 g/mol. The molecular weight excluding hydrogens is 358 g/mol. The van der Waals surface area contributed by atoms with E-state index in [0.29, 0.717) is 23.8 Å². The van der Waals surface area contributed by atoms with Crippen molar-refractivity contribution in [2.45, 2.75) is 69.9 Å². The van der Waals surface area contributed by atoms with Crippen LogP contribution in [-0.4, -0.2) is 53.4 Å². The zero-order valence-corrected chi connectivity index (χ0v) is 17.2. The van der Waals surface area contributed by atoms with Crippen molar-refractivity contribution >= 4 is 23.6 Å². The number of rotatable bonds is 3. The summed E-state index contributed by atoms with van der Waals surface area (Å²) in [5.74, 6) is 4.18. The van der Waals surface area contributed by atoms with E-state index in [2.05, 4.69) is 10.2 Å². The highest BCUT2D eigenvalue weighted by atomic mass is 32.2. The number of nitrogens with one attached hydrogen (secondary N) is 1. The Hall–Kier alpha value is -0.750. The summed E-state index contributed by atoms with van der Waals surface area (Å²) >= 11 is 1.94. The Balaban J connectivity index is 1.23. The summed E-state index contributed by atoms with van der Waals surface area (Å²) in [6.07, 6.45) is 9.38. The summed E-state index contributed by atoms with van der Waals surface area (Å²) in [6.45, 7) is 1.82. The quantitative estimate of drug-likeness (QED) is 0.772. The largest absolute Gasteiger partial charge is 0.353 e. The van der Waals surface area contributed by atoms with Crippen molar-refractivity contribution in [1.82, 2.24) is 10.2 Å². The summed E-state index contributed by atoms with van der Waals surface area (Å²) < 4.78 is 0. The van der Waals surface area contributed by atoms with Crippen molar-refractivity contribution in [2.75, 3.05) is 24.6 Å². The molecule has 2 unspecified atom stereocenters. The van der Waals surface area contributed by atoms with E-state index in [1.54, 1.807) is 0 Å². The fraction of sp³-hybridized carbons (Fsp3) is 0.905. The molecule has 1 aliphatic heterocycles. The molecule has 0 spiro atoms. The van der Waals surface area contributed by atoms with Crippen LogP contribution in [0.3, 0.4) is 0 Å². The van der Waals surface area contributed by atoms with Crippen LogP contribution in [0.4, 0.5) is 0 Å². The van der Waals surface area contributed by atoms with Crippen LogP contribution in [0, 0.1) is 23.7 Å². The lowest BCUT2D eigenvalue weighted by Crippen LogP contribution is -2.50. The Bertz CT molecular complexity index is 530. The van der Waals surface area contributed by atoms with Gasteiger partial charge in [0.1, 0.15) is 0 Å². The van der Waals surface area contributed by atoms with Gasteiger partial charge in [-0.25, -0.2) is 0 Å². The van der Waals surface area contributed by atoms with E-state index >= 15 is 0 Å². The Morgan fingerprint density at radius 2 is 1.52 bits per heavy atom. The highest BCUT2D eigenvalue weighted by molar-refractivity contribution is 7.99. The predicted octanol–water partition coefficient (Wildman–Crippen LogP) is 2.39. The molecule has 0 aromatic carbocycles. The molecule has 0 radical (unpaired) electrons. The number of carbonyl (C=O) groups is 2. The van der Waals surface area contributed by atoms with Gasteiger partial charge in [0.05, 0.1) is 0 Å². The summed E-state index contributed by atoms with van der Waals surface area (Å²) in [4.78, 5) is 27.6. The summed E-state index contributed by atoms with van der Waals surface area (Å²) in [5.41, 5.74) is 6.37. The molecule has 2 bridgehead atoms. The SMILES string of the molecule is NC1C2CCCC1CC(C(=O)NC1CCC(C(=O)N3CCSCC3)CC1)C2. The van der Waals surface area contributed by atoms with Crippen LogP contribution in [0.1, 0.15) is 57.8 Å². The molecule has 0 aromatic heterocycles. The van der Waals surface area contributed by atoms with E-state index in [1.807, 2.05) is 11.8 Å². The van der Waals surface area contributed by atoms with Crippen LogP contribution in [0.2, 0.25) is 0 Å². The van der Waals surface area contributed by atoms with Crippen molar-refractivity contribution < 1.29 is 9.59 Å². The molecule has 3 N–H and O–H groups in total. The molecule has 27 heavy (non-hydrogen) atoms. The maximum Gasteiger partial charge on any atom is 0.225 e. The molecule has 4 aliphatic rings. The van der Waals surface area contributed by atoms with Crippen molar-refractivity contribution in [3.8, 4) is 0 Å². The van der Waals surface area contributed by atoms with E-state index in [1.165, 1.54) is 19.3 Å². The number of hydrogen-bond acceptors (Lipinski definition) is 4. The monoisotopic (exact) mass is 393 g/mol. The van der Waals surface area contributed by atoms with Crippen molar-refractivity contribution in [3.63, 3.8) is 0 Å². The van der Waals surface area contributed by atoms with Gasteiger partial charge in [-0.15, -0.1) is 0 Å². The fourth-order valence-corrected chi connectivity index (χ4v) is 6.75. The number of thioether (sulfide) groups is 1. The topological polar surface area (TPSA) is 75.4 Å². The van der Waals surface area contributed by atoms with Gasteiger partial charge in [0.25, 0.3) is 0 Å². The van der Waals surface area contributed by atoms with Crippen molar-refractivity contribution in [2.24, 2.45) is 29.4 Å². The molecule has 0 aromatic rings. The smallest absolute Gasteiger partial charge is 0.225 e. The highest BCUT2D eigenvalue weighted by Crippen LogP contribution is 2.42. The first-order valence-electron chi connectivity index (χ1n) is 11.0. The van der Waals surface area contributed by atoms with Gasteiger partial charge in [-0.3, -0.25) is 9.59 Å². The third kappa shape index (κ3) is 4.47. The van der Waals surface area contributed by atoms with E-state index in [9.17, 15) is 9.59 Å². The van der Waals surface area contributed by atoms with E-state index in [0.717, 1.165) is 63.1 Å². The molecule has 3 aliphatic carbocycles. The molecule has 2 atom stereocenters. The lowest BCUT2D eigenvalue weighted by molar-refractivity contribution is -0.136. The van der Waals surface area contributed by atoms with E-state index in [4.69, 9.17) is 5.73 Å². The summed E-state index contributed by atoms with van der Waals surface area (Å²) in [6, 6.07) is 0.575. The molecular formula is C21H35N3O2S. The van der Waals surface area contributed by atoms with Crippen LogP contribution in [0.25, 0.3) is 0 Å². The van der Waals surface area contributed by atoms with Gasteiger partial charge >= 0.3 is 0 Å². The van der Waals surface area contributed by atoms with Crippen molar-refractivity contribution in [1.29, 1.82) is 0 Å². The summed E-state index contributed by atoms with van der Waals surface area (Å²) in [5, 5.41) is 3.32. The van der Waals surface area contributed by atoms with E-state index in [-0.39, 0.29) is 23.8 Å². The number of nitrogens with two attached hydrogens (primary N) is 1. The molecule has 4 rings (SSSR count). The Morgan fingerprint density at radius 1 is 0.889 bits per heavy atom. The maximum absolute atomic E-state index is 12.8. The average Bonchev–Trinajstić information content (AvgIpc) is 2.68. The zero-order valence-electron chi connectivity index (χ0n) is 16.4. The predicted molar refractivity (Wildman–Crippen MR) is 109 cm³/mol. The molecule has 1 heterocycles. The highest BCUT2D eigenvalue weighted by Gasteiger charge is 2.41. The molecule has 1 saturated heterocycles. The third-order valence-corrected chi connectivity index (χ3v) is 8.47. The van der Waals surface area contributed by atoms with Crippen LogP contribution >= 0.6 is 11.8 Å². The molecule has 6 heteroatoms. The van der Waals surface area contributed by atoms with Gasteiger partial charge in [-0.05, 0) is 63.2 Å². The minimum atomic E-state index is 0.158. The fourth-order valence-electron chi connectivity index (χ4n) is 5.85. The second-order valence-corrected chi connectivity index (χ2v) is 10.4. The van der Waals surface area contributed by atoms with Gasteiger partial charge in [0.15, 0.2) is 0 Å². The van der Waals surface area contributed by atoms with Crippen LogP contribution in [-0.2, 0) is 9.59 Å². The van der Waals surface area contributed by atoms with Crippen LogP contribution in [0.5, 0.6) is 0 Å². The number of carbonyl (C=O) groups excluding carboxylic acids is 2. The normalized spacial score (nSPS) is 39.7. The Kier molecular flexibility index (Phi) is 6.32. The molecule has 5 nitrogen and oxygen atoms in total. The number of nitrogens with zero attached hydrogens (tertiary/aromatic N) is 1. The lowest BCUT2D eigenvalue weighted by atomic mass is 9.65. The minimum absolute atomic E-state index is 0.158. The third-order valence-electron chi connectivity index (χ3n) is 7.53. The van der Waals surface area contributed by atoms with Gasteiger partial charge < -0.3 is 16.0 Å². The second kappa shape index (κ2) is 8.73. The lowest BCUT2D eigenvalue weighted by Gasteiger charge is -2.44. The van der Waals surface area contributed by atoms with Crippen LogP contribution < -0.4 is 11.1 Å². The molecule has 4 fully saturated rings. The maximum atomic E-state index is 12.8. The first-order chi connectivity index (χ1) is 13.1. The number of hydrogen-bond donors (Lipinski definition) is 2. The van der Waals surface area contributed by atoms with Crippen LogP contribution in [0.15, 0.2) is 0 Å².